The molecular formula is C19H15N5O2S. The first kappa shape index (κ1) is 17.0. The zero-order chi connectivity index (χ0) is 19.0. The Morgan fingerprint density at radius 3 is 2.81 bits per heavy atom. The number of aryl methyl sites for hydroxylation is 2. The van der Waals surface area contributed by atoms with E-state index in [1.165, 1.54) is 30.5 Å². The number of hydrogen-bond donors (Lipinski definition) is 1. The number of pyridine rings is 1. The molecule has 0 unspecified atom stereocenters. The summed E-state index contributed by atoms with van der Waals surface area (Å²) in [5, 5.41) is 7.68. The van der Waals surface area contributed by atoms with Gasteiger partial charge in [0.05, 0.1) is 0 Å². The van der Waals surface area contributed by atoms with Crippen molar-refractivity contribution < 1.29 is 4.79 Å². The van der Waals surface area contributed by atoms with Gasteiger partial charge in [-0.25, -0.2) is 14.6 Å². The van der Waals surface area contributed by atoms with Gasteiger partial charge in [0.25, 0.3) is 11.5 Å². The molecule has 3 heterocycles. The quantitative estimate of drug-likeness (QED) is 0.593. The van der Waals surface area contributed by atoms with Crippen molar-refractivity contribution in [2.75, 3.05) is 5.32 Å². The summed E-state index contributed by atoms with van der Waals surface area (Å²) in [5.41, 5.74) is 3.22. The molecule has 0 saturated carbocycles. The Bertz CT molecular complexity index is 1200. The SMILES string of the molecule is Cc1ccc(-c2nc3cccnc3s2)cc1NC(=O)c1ccc(=O)n(C)n1. The second-order valence-electron chi connectivity index (χ2n) is 6.01. The summed E-state index contributed by atoms with van der Waals surface area (Å²) in [6, 6.07) is 12.3. The Morgan fingerprint density at radius 2 is 2.04 bits per heavy atom. The highest BCUT2D eigenvalue weighted by atomic mass is 32.1. The van der Waals surface area contributed by atoms with Crippen LogP contribution in [0.2, 0.25) is 0 Å². The van der Waals surface area contributed by atoms with Gasteiger partial charge in [0.15, 0.2) is 0 Å². The molecule has 0 radical (unpaired) electrons. The van der Waals surface area contributed by atoms with Gasteiger partial charge >= 0.3 is 0 Å². The predicted octanol–water partition coefficient (Wildman–Crippen LogP) is 3.01. The standard InChI is InChI=1S/C19H15N5O2S/c1-11-5-6-12(18-22-14-4-3-9-20-19(14)27-18)10-15(11)21-17(26)13-7-8-16(25)24(2)23-13/h3-10H,1-2H3,(H,21,26). The van der Waals surface area contributed by atoms with Crippen molar-refractivity contribution in [2.24, 2.45) is 7.05 Å². The Balaban J connectivity index is 1.66. The van der Waals surface area contributed by atoms with Crippen LogP contribution < -0.4 is 10.9 Å². The van der Waals surface area contributed by atoms with Crippen LogP contribution in [-0.2, 0) is 7.05 Å². The minimum Gasteiger partial charge on any atom is -0.320 e. The summed E-state index contributed by atoms with van der Waals surface area (Å²) in [6.07, 6.45) is 1.74. The van der Waals surface area contributed by atoms with Crippen molar-refractivity contribution in [3.05, 3.63) is 70.3 Å². The molecular weight excluding hydrogens is 362 g/mol. The first-order valence-electron chi connectivity index (χ1n) is 8.19. The van der Waals surface area contributed by atoms with Gasteiger partial charge in [-0.15, -0.1) is 0 Å². The van der Waals surface area contributed by atoms with Gasteiger partial charge in [0, 0.05) is 30.6 Å². The average molecular weight is 377 g/mol. The molecule has 4 aromatic rings. The molecule has 4 rings (SSSR count). The normalized spacial score (nSPS) is 10.9. The van der Waals surface area contributed by atoms with E-state index >= 15 is 0 Å². The highest BCUT2D eigenvalue weighted by molar-refractivity contribution is 7.21. The van der Waals surface area contributed by atoms with Gasteiger partial charge in [-0.05, 0) is 36.8 Å². The number of aromatic nitrogens is 4. The number of nitrogens with one attached hydrogen (secondary N) is 1. The van der Waals surface area contributed by atoms with E-state index in [1.807, 2.05) is 37.3 Å². The van der Waals surface area contributed by atoms with Crippen LogP contribution >= 0.6 is 11.3 Å². The number of carbonyl (C=O) groups excluding carboxylic acids is 1. The molecule has 1 amide bonds. The van der Waals surface area contributed by atoms with Crippen molar-refractivity contribution in [2.45, 2.75) is 6.92 Å². The summed E-state index contributed by atoms with van der Waals surface area (Å²) in [5.74, 6) is -0.378. The molecule has 0 saturated heterocycles. The van der Waals surface area contributed by atoms with Crippen LogP contribution in [0.25, 0.3) is 20.9 Å². The third kappa shape index (κ3) is 3.34. The number of benzene rings is 1. The lowest BCUT2D eigenvalue weighted by Gasteiger charge is -2.10. The second-order valence-corrected chi connectivity index (χ2v) is 6.99. The maximum atomic E-state index is 12.5. The van der Waals surface area contributed by atoms with Crippen LogP contribution in [0.4, 0.5) is 5.69 Å². The molecule has 0 aliphatic heterocycles. The number of carbonyl (C=O) groups is 1. The Hall–Kier alpha value is -3.39. The maximum absolute atomic E-state index is 12.5. The molecule has 1 N–H and O–H groups in total. The molecule has 0 atom stereocenters. The van der Waals surface area contributed by atoms with Crippen LogP contribution in [-0.4, -0.2) is 25.7 Å². The molecule has 0 aliphatic rings. The summed E-state index contributed by atoms with van der Waals surface area (Å²) in [7, 11) is 1.51. The number of fused-ring (bicyclic) bond motifs is 1. The summed E-state index contributed by atoms with van der Waals surface area (Å²) in [6.45, 7) is 1.91. The lowest BCUT2D eigenvalue weighted by molar-refractivity contribution is 0.102. The van der Waals surface area contributed by atoms with E-state index in [0.717, 1.165) is 31.2 Å². The number of hydrogen-bond acceptors (Lipinski definition) is 6. The molecule has 134 valence electrons. The van der Waals surface area contributed by atoms with Gasteiger partial charge in [0.1, 0.15) is 21.0 Å². The molecule has 0 spiro atoms. The van der Waals surface area contributed by atoms with Gasteiger partial charge in [-0.1, -0.05) is 23.5 Å². The van der Waals surface area contributed by atoms with Gasteiger partial charge in [0.2, 0.25) is 0 Å². The molecule has 0 aliphatic carbocycles. The van der Waals surface area contributed by atoms with Crippen molar-refractivity contribution in [1.29, 1.82) is 0 Å². The Labute approximate surface area is 158 Å². The fraction of sp³-hybridized carbons (Fsp3) is 0.105. The van der Waals surface area contributed by atoms with Crippen molar-refractivity contribution in [1.82, 2.24) is 19.7 Å². The number of rotatable bonds is 3. The Kier molecular flexibility index (Phi) is 4.25. The fourth-order valence-corrected chi connectivity index (χ4v) is 3.50. The van der Waals surface area contributed by atoms with Crippen LogP contribution in [0.5, 0.6) is 0 Å². The van der Waals surface area contributed by atoms with E-state index < -0.39 is 0 Å². The molecule has 0 fully saturated rings. The minimum absolute atomic E-state index is 0.172. The fourth-order valence-electron chi connectivity index (χ4n) is 2.59. The lowest BCUT2D eigenvalue weighted by Crippen LogP contribution is -2.23. The van der Waals surface area contributed by atoms with Crippen molar-refractivity contribution >= 4 is 33.3 Å². The van der Waals surface area contributed by atoms with Gasteiger partial charge in [-0.3, -0.25) is 9.59 Å². The third-order valence-corrected chi connectivity index (χ3v) is 5.12. The molecule has 3 aromatic heterocycles. The number of thiazole rings is 1. The van der Waals surface area contributed by atoms with Crippen LogP contribution in [0, 0.1) is 6.92 Å². The number of amides is 1. The summed E-state index contributed by atoms with van der Waals surface area (Å²) in [4.78, 5) is 33.7. The highest BCUT2D eigenvalue weighted by Crippen LogP contribution is 2.31. The van der Waals surface area contributed by atoms with Crippen LogP contribution in [0.15, 0.2) is 53.5 Å². The number of nitrogens with zero attached hydrogens (tertiary/aromatic N) is 4. The van der Waals surface area contributed by atoms with Crippen molar-refractivity contribution in [3.8, 4) is 10.6 Å². The summed E-state index contributed by atoms with van der Waals surface area (Å²) < 4.78 is 1.13. The van der Waals surface area contributed by atoms with E-state index in [9.17, 15) is 9.59 Å². The first-order valence-corrected chi connectivity index (χ1v) is 9.01. The lowest BCUT2D eigenvalue weighted by atomic mass is 10.1. The van der Waals surface area contributed by atoms with E-state index in [0.29, 0.717) is 5.69 Å². The summed E-state index contributed by atoms with van der Waals surface area (Å²) >= 11 is 1.50. The zero-order valence-electron chi connectivity index (χ0n) is 14.6. The van der Waals surface area contributed by atoms with E-state index in [2.05, 4.69) is 20.4 Å². The van der Waals surface area contributed by atoms with E-state index in [1.54, 1.807) is 6.20 Å². The largest absolute Gasteiger partial charge is 0.320 e. The number of anilines is 1. The third-order valence-electron chi connectivity index (χ3n) is 4.09. The monoisotopic (exact) mass is 377 g/mol. The molecule has 8 heteroatoms. The average Bonchev–Trinajstić information content (AvgIpc) is 3.10. The van der Waals surface area contributed by atoms with Crippen LogP contribution in [0.3, 0.4) is 0 Å². The maximum Gasteiger partial charge on any atom is 0.276 e. The van der Waals surface area contributed by atoms with Crippen molar-refractivity contribution in [3.63, 3.8) is 0 Å². The minimum atomic E-state index is -0.378. The second kappa shape index (κ2) is 6.73. The first-order chi connectivity index (χ1) is 13.0. The molecule has 7 nitrogen and oxygen atoms in total. The zero-order valence-corrected chi connectivity index (χ0v) is 15.4. The van der Waals surface area contributed by atoms with Gasteiger partial charge in [-0.2, -0.15) is 5.10 Å². The van der Waals surface area contributed by atoms with E-state index in [-0.39, 0.29) is 17.2 Å². The van der Waals surface area contributed by atoms with E-state index in [4.69, 9.17) is 0 Å². The van der Waals surface area contributed by atoms with Crippen LogP contribution in [0.1, 0.15) is 16.1 Å². The molecule has 0 bridgehead atoms. The molecule has 27 heavy (non-hydrogen) atoms. The topological polar surface area (TPSA) is 89.8 Å². The van der Waals surface area contributed by atoms with Gasteiger partial charge < -0.3 is 5.32 Å². The highest BCUT2D eigenvalue weighted by Gasteiger charge is 2.13. The molecule has 1 aromatic carbocycles. The predicted molar refractivity (Wildman–Crippen MR) is 105 cm³/mol. The Morgan fingerprint density at radius 1 is 1.19 bits per heavy atom. The smallest absolute Gasteiger partial charge is 0.276 e.